The molecule has 0 aliphatic carbocycles. The average Bonchev–Trinajstić information content (AvgIpc) is 0.984. The summed E-state index contributed by atoms with van der Waals surface area (Å²) < 4.78 is 76.5. The van der Waals surface area contributed by atoms with E-state index in [4.69, 9.17) is 24.3 Å². The van der Waals surface area contributed by atoms with Crippen LogP contribution < -0.4 is 10.4 Å². The van der Waals surface area contributed by atoms with Gasteiger partial charge in [0.2, 0.25) is 0 Å². The Morgan fingerprint density at radius 2 is 0.895 bits per heavy atom. The second-order valence-electron chi connectivity index (χ2n) is 37.7. The van der Waals surface area contributed by atoms with E-state index in [1.165, 1.54) is 89.8 Å². The predicted octanol–water partition coefficient (Wildman–Crippen LogP) is 31.1. The summed E-state index contributed by atoms with van der Waals surface area (Å²) in [6, 6.07) is 106. The van der Waals surface area contributed by atoms with Gasteiger partial charge in [0.05, 0.1) is 66.6 Å². The molecule has 0 saturated carbocycles. The average molecular weight is 2140 g/mol. The molecule has 7 aromatic heterocycles. The molecule has 0 aliphatic rings. The number of benzene rings is 13. The normalized spacial score (nSPS) is 12.4. The van der Waals surface area contributed by atoms with E-state index in [0.717, 1.165) is 129 Å². The third-order valence-electron chi connectivity index (χ3n) is 24.7. The van der Waals surface area contributed by atoms with Crippen molar-refractivity contribution in [3.63, 3.8) is 0 Å². The first-order valence-electron chi connectivity index (χ1n) is 47.3. The SMILES string of the molecule is CC(C)c1cc(-c2ccc3ccccc3c2)cc(C(C)C)c1Cn1c(-c2[c-]c3c(cc2)oc2ccccc23)nc2ccccc21.Cc1ccc2c(n1)oc1ccc(-c3nc4ccccc4n3Cc3c(C(C)C)cc(-c4ccccc4)cc3C(C)C)[c-]c12.[2H]C(C)(C)c1cc(-c2[c-]cc(F)cc2)ncc1[Si](C)(C)C.[2H]C([2H])([2H])c1cc(-c2[c-]cc(F)c(-c3ccccc3)c2)ncc1[Si](C)(C)C.[Ir].[Ir]. The Hall–Kier alpha value is -12.3. The molecular weight excluding hydrogens is 2030 g/mol. The molecular formula is C118H111F2Ir2N7O2Si2-4. The molecule has 0 spiro atoms. The fourth-order valence-electron chi connectivity index (χ4n) is 17.8. The van der Waals surface area contributed by atoms with Crippen molar-refractivity contribution < 1.29 is 63.3 Å². The van der Waals surface area contributed by atoms with Gasteiger partial charge >= 0.3 is 0 Å². The third-order valence-corrected chi connectivity index (χ3v) is 28.7. The van der Waals surface area contributed by atoms with Crippen molar-refractivity contribution >= 4 is 103 Å². The maximum Gasteiger partial charge on any atom is 0.183 e. The van der Waals surface area contributed by atoms with Crippen molar-refractivity contribution in [1.29, 1.82) is 0 Å². The van der Waals surface area contributed by atoms with Crippen LogP contribution in [0.4, 0.5) is 8.78 Å². The first kappa shape index (κ1) is 89.9. The van der Waals surface area contributed by atoms with Crippen LogP contribution in [0.25, 0.3) is 156 Å². The molecule has 0 aliphatic heterocycles. The number of para-hydroxylation sites is 5. The number of furan rings is 2. The number of halogens is 2. The zero-order valence-electron chi connectivity index (χ0n) is 82.3. The van der Waals surface area contributed by atoms with Gasteiger partial charge in [0.15, 0.2) is 5.71 Å². The number of pyridine rings is 3. The van der Waals surface area contributed by atoms with Gasteiger partial charge in [-0.1, -0.05) is 341 Å². The van der Waals surface area contributed by atoms with Gasteiger partial charge in [0.25, 0.3) is 0 Å². The van der Waals surface area contributed by atoms with Gasteiger partial charge in [-0.05, 0) is 190 Å². The van der Waals surface area contributed by atoms with Crippen molar-refractivity contribution in [1.82, 2.24) is 34.1 Å². The Bertz CT molecular complexity index is 7740. The van der Waals surface area contributed by atoms with Crippen molar-refractivity contribution in [2.75, 3.05) is 0 Å². The van der Waals surface area contributed by atoms with Crippen LogP contribution in [0.1, 0.15) is 154 Å². The second kappa shape index (κ2) is 40.3. The van der Waals surface area contributed by atoms with Crippen LogP contribution in [0.5, 0.6) is 0 Å². The summed E-state index contributed by atoms with van der Waals surface area (Å²) in [7, 11) is -3.45. The summed E-state index contributed by atoms with van der Waals surface area (Å²) in [6.07, 6.45) is 3.56. The van der Waals surface area contributed by atoms with Crippen LogP contribution >= 0.6 is 0 Å². The molecule has 20 aromatic rings. The molecule has 0 N–H and O–H groups in total. The van der Waals surface area contributed by atoms with Crippen LogP contribution in [-0.4, -0.2) is 50.2 Å². The zero-order chi connectivity index (χ0) is 95.3. The van der Waals surface area contributed by atoms with Crippen LogP contribution in [0.2, 0.25) is 39.3 Å². The van der Waals surface area contributed by atoms with Gasteiger partial charge in [-0.25, -0.2) is 4.98 Å². The fourth-order valence-corrected chi connectivity index (χ4v) is 20.7. The predicted molar refractivity (Wildman–Crippen MR) is 548 cm³/mol. The Morgan fingerprint density at radius 3 is 1.44 bits per heavy atom. The summed E-state index contributed by atoms with van der Waals surface area (Å²) in [5.74, 6) is 1.92. The van der Waals surface area contributed by atoms with E-state index in [0.29, 0.717) is 51.8 Å². The molecule has 13 aromatic carbocycles. The molecule has 0 fully saturated rings. The van der Waals surface area contributed by atoms with Gasteiger partial charge in [0, 0.05) is 88.5 Å². The van der Waals surface area contributed by atoms with Gasteiger partial charge in [-0.2, -0.15) is 0 Å². The quantitative estimate of drug-likeness (QED) is 0.0623. The molecule has 7 heterocycles. The standard InChI is InChI=1S/C42H35N2O.C38H34N3O.C21H21FNSi.C17H21FNSi.2Ir/c1-26(2)34-23-32(30-18-17-28-11-5-6-12-29(28)21-30)24-35(27(3)4)37(34)25-44-39-15-9-8-14-38(39)43-42(44)31-19-20-41-36(22-31)33-13-7-10-16-40(33)45-41;1-23(2)30-20-28(26-11-7-6-8-12-26)21-31(24(3)4)33(30)22-41-35-14-10-9-13-34(35)40-37(41)27-16-18-36-32(19-27)29-17-15-25(5)39-38(29)42-36;1-15-12-20(23-14-21(15)24(2,3)4)17-10-11-19(22)18(13-17)16-8-6-5-7-9-16;1-12(2)15-10-16(13-6-8-14(18)9-7-13)19-11-17(15)20(3,4)5;;/h5-21,23-24,26-27H,25H2,1-4H3;6-18,20-21,23-24H,22H2,1-5H3;5-9,11-14H,1-4H3;6,8-12H,1-5H3;;/q4*-1;;/i;;1D3;12D;;. The molecule has 133 heavy (non-hydrogen) atoms. The van der Waals surface area contributed by atoms with Crippen molar-refractivity contribution in [2.24, 2.45) is 0 Å². The van der Waals surface area contributed by atoms with Crippen molar-refractivity contribution in [2.45, 2.75) is 165 Å². The van der Waals surface area contributed by atoms with Gasteiger partial charge in [0.1, 0.15) is 0 Å². The van der Waals surface area contributed by atoms with Gasteiger partial charge in [-0.3, -0.25) is 18.7 Å². The topological polar surface area (TPSA) is 101 Å². The molecule has 20 rings (SSSR count). The van der Waals surface area contributed by atoms with Gasteiger partial charge < -0.3 is 27.9 Å². The van der Waals surface area contributed by atoms with E-state index in [2.05, 4.69) is 325 Å². The number of hydrogen-bond acceptors (Lipinski definition) is 7. The number of aromatic nitrogens is 7. The molecule has 0 atom stereocenters. The van der Waals surface area contributed by atoms with Crippen molar-refractivity contribution in [3.8, 4) is 78.7 Å². The molecule has 0 unspecified atom stereocenters. The van der Waals surface area contributed by atoms with Crippen LogP contribution in [-0.2, 0) is 53.3 Å². The number of hydrogen-bond donors (Lipinski definition) is 0. The fraction of sp³-hybridized carbons (Fsp3) is 0.212. The largest absolute Gasteiger partial charge is 0.500 e. The molecule has 15 heteroatoms. The van der Waals surface area contributed by atoms with Crippen LogP contribution in [0, 0.1) is 49.7 Å². The van der Waals surface area contributed by atoms with E-state index in [1.54, 1.807) is 24.4 Å². The Balaban J connectivity index is 0.000000144. The number of aryl methyl sites for hydroxylation is 2. The second-order valence-corrected chi connectivity index (χ2v) is 47.8. The summed E-state index contributed by atoms with van der Waals surface area (Å²) in [5.41, 5.74) is 28.6. The summed E-state index contributed by atoms with van der Waals surface area (Å²) in [4.78, 5) is 24.0. The van der Waals surface area contributed by atoms with Crippen molar-refractivity contribution in [3.05, 3.63) is 378 Å². The number of fused-ring (bicyclic) bond motifs is 9. The third kappa shape index (κ3) is 20.5. The smallest absolute Gasteiger partial charge is 0.183 e. The first-order chi connectivity index (χ1) is 64.5. The molecule has 0 amide bonds. The Kier molecular flexibility index (Phi) is 27.2. The summed E-state index contributed by atoms with van der Waals surface area (Å²) in [6.45, 7) is 36.5. The minimum absolute atomic E-state index is 0. The van der Waals surface area contributed by atoms with Gasteiger partial charge in [-0.15, -0.1) is 77.9 Å². The summed E-state index contributed by atoms with van der Waals surface area (Å²) in [5, 5.41) is 8.53. The minimum Gasteiger partial charge on any atom is -0.500 e. The monoisotopic (exact) mass is 2140 g/mol. The van der Waals surface area contributed by atoms with E-state index in [-0.39, 0.29) is 51.8 Å². The number of nitrogens with zero attached hydrogens (tertiary/aromatic N) is 7. The van der Waals surface area contributed by atoms with E-state index < -0.39 is 28.9 Å². The molecule has 9 nitrogen and oxygen atoms in total. The van der Waals surface area contributed by atoms with E-state index in [1.807, 2.05) is 87.6 Å². The minimum atomic E-state index is -2.23. The Labute approximate surface area is 815 Å². The molecule has 2 radical (unpaired) electrons. The number of imidazole rings is 2. The maximum absolute atomic E-state index is 14.3. The van der Waals surface area contributed by atoms with Crippen LogP contribution in [0.3, 0.4) is 0 Å². The Morgan fingerprint density at radius 1 is 0.406 bits per heavy atom. The number of rotatable bonds is 18. The van der Waals surface area contributed by atoms with E-state index >= 15 is 0 Å². The van der Waals surface area contributed by atoms with Crippen LogP contribution in [0.15, 0.2) is 300 Å². The molecule has 0 saturated heterocycles. The zero-order valence-corrected chi connectivity index (χ0v) is 85.1. The summed E-state index contributed by atoms with van der Waals surface area (Å²) >= 11 is 0. The maximum atomic E-state index is 14.3. The van der Waals surface area contributed by atoms with E-state index in [9.17, 15) is 8.78 Å². The molecule has 674 valence electrons. The molecule has 0 bridgehead atoms. The first-order valence-corrected chi connectivity index (χ1v) is 52.3.